The molecule has 1 aromatic carbocycles. The molecular formula is C22H23ClN4O2. The SMILES string of the molecule is Cc1cc(C)n(CCCNC(=O)c2cc3occc3n2Cc2ccccc2Cl)n1. The van der Waals surface area contributed by atoms with Crippen LogP contribution in [0.3, 0.4) is 0 Å². The Hall–Kier alpha value is -2.99. The topological polar surface area (TPSA) is 65.0 Å². The summed E-state index contributed by atoms with van der Waals surface area (Å²) < 4.78 is 9.42. The van der Waals surface area contributed by atoms with Gasteiger partial charge in [0.2, 0.25) is 0 Å². The molecule has 7 heteroatoms. The van der Waals surface area contributed by atoms with Gasteiger partial charge in [0.15, 0.2) is 5.58 Å². The number of carbonyl (C=O) groups excluding carboxylic acids is 1. The molecule has 3 heterocycles. The van der Waals surface area contributed by atoms with Crippen LogP contribution in [0, 0.1) is 13.8 Å². The highest BCUT2D eigenvalue weighted by Gasteiger charge is 2.18. The van der Waals surface area contributed by atoms with Crippen LogP contribution < -0.4 is 5.32 Å². The summed E-state index contributed by atoms with van der Waals surface area (Å²) in [6, 6.07) is 13.3. The van der Waals surface area contributed by atoms with Gasteiger partial charge in [-0.05, 0) is 38.0 Å². The van der Waals surface area contributed by atoms with Gasteiger partial charge in [0.25, 0.3) is 5.91 Å². The van der Waals surface area contributed by atoms with E-state index in [-0.39, 0.29) is 5.91 Å². The zero-order valence-electron chi connectivity index (χ0n) is 16.5. The third kappa shape index (κ3) is 4.07. The first kappa shape index (κ1) is 19.3. The first-order chi connectivity index (χ1) is 14.0. The molecule has 29 heavy (non-hydrogen) atoms. The highest BCUT2D eigenvalue weighted by atomic mass is 35.5. The second-order valence-electron chi connectivity index (χ2n) is 7.14. The van der Waals surface area contributed by atoms with Crippen LogP contribution in [0.1, 0.15) is 33.9 Å². The van der Waals surface area contributed by atoms with Gasteiger partial charge in [0, 0.05) is 42.5 Å². The molecule has 1 amide bonds. The predicted molar refractivity (Wildman–Crippen MR) is 113 cm³/mol. The van der Waals surface area contributed by atoms with Crippen LogP contribution in [-0.2, 0) is 13.1 Å². The Morgan fingerprint density at radius 3 is 2.79 bits per heavy atom. The van der Waals surface area contributed by atoms with E-state index in [2.05, 4.69) is 16.5 Å². The zero-order valence-corrected chi connectivity index (χ0v) is 17.2. The molecule has 6 nitrogen and oxygen atoms in total. The maximum Gasteiger partial charge on any atom is 0.268 e. The summed E-state index contributed by atoms with van der Waals surface area (Å²) in [5.41, 5.74) is 5.20. The molecular weight excluding hydrogens is 388 g/mol. The van der Waals surface area contributed by atoms with E-state index in [1.165, 1.54) is 0 Å². The first-order valence-electron chi connectivity index (χ1n) is 9.62. The van der Waals surface area contributed by atoms with E-state index in [4.69, 9.17) is 16.0 Å². The smallest absolute Gasteiger partial charge is 0.268 e. The molecule has 0 aliphatic heterocycles. The Balaban J connectivity index is 1.46. The Bertz CT molecular complexity index is 1150. The van der Waals surface area contributed by atoms with Crippen molar-refractivity contribution in [3.63, 3.8) is 0 Å². The number of aromatic nitrogens is 3. The summed E-state index contributed by atoms with van der Waals surface area (Å²) in [6.45, 7) is 5.85. The van der Waals surface area contributed by atoms with Crippen LogP contribution in [-0.4, -0.2) is 26.8 Å². The second kappa shape index (κ2) is 8.17. The van der Waals surface area contributed by atoms with Crippen molar-refractivity contribution in [3.05, 3.63) is 76.4 Å². The Morgan fingerprint density at radius 2 is 2.03 bits per heavy atom. The number of hydrogen-bond donors (Lipinski definition) is 1. The fourth-order valence-corrected chi connectivity index (χ4v) is 3.75. The van der Waals surface area contributed by atoms with E-state index in [0.29, 0.717) is 29.4 Å². The summed E-state index contributed by atoms with van der Waals surface area (Å²) in [7, 11) is 0. The first-order valence-corrected chi connectivity index (χ1v) is 10.00. The number of nitrogens with one attached hydrogen (secondary N) is 1. The van der Waals surface area contributed by atoms with Crippen molar-refractivity contribution < 1.29 is 9.21 Å². The average Bonchev–Trinajstić information content (AvgIpc) is 3.36. The van der Waals surface area contributed by atoms with Crippen LogP contribution in [0.4, 0.5) is 0 Å². The second-order valence-corrected chi connectivity index (χ2v) is 7.54. The maximum absolute atomic E-state index is 12.9. The molecule has 0 atom stereocenters. The number of aryl methyl sites for hydroxylation is 3. The van der Waals surface area contributed by atoms with Crippen molar-refractivity contribution >= 4 is 28.6 Å². The Morgan fingerprint density at radius 1 is 1.21 bits per heavy atom. The number of fused-ring (bicyclic) bond motifs is 1. The van der Waals surface area contributed by atoms with E-state index >= 15 is 0 Å². The Kier molecular flexibility index (Phi) is 5.45. The minimum Gasteiger partial charge on any atom is -0.463 e. The summed E-state index contributed by atoms with van der Waals surface area (Å²) in [4.78, 5) is 12.9. The Labute approximate surface area is 174 Å². The summed E-state index contributed by atoms with van der Waals surface area (Å²) in [5.74, 6) is -0.128. The molecule has 0 spiro atoms. The van der Waals surface area contributed by atoms with Gasteiger partial charge in [-0.1, -0.05) is 29.8 Å². The molecule has 0 unspecified atom stereocenters. The maximum atomic E-state index is 12.9. The van der Waals surface area contributed by atoms with E-state index < -0.39 is 0 Å². The number of halogens is 1. The summed E-state index contributed by atoms with van der Waals surface area (Å²) >= 11 is 6.33. The minimum absolute atomic E-state index is 0.128. The van der Waals surface area contributed by atoms with E-state index in [1.807, 2.05) is 53.4 Å². The molecule has 0 aliphatic rings. The standard InChI is InChI=1S/C22H23ClN4O2/c1-15-12-16(2)27(25-15)10-5-9-24-22(28)20-13-21-19(8-11-29-21)26(20)14-17-6-3-4-7-18(17)23/h3-4,6-8,11-13H,5,9-10,14H2,1-2H3,(H,24,28). The number of rotatable bonds is 7. The van der Waals surface area contributed by atoms with Crippen molar-refractivity contribution in [1.29, 1.82) is 0 Å². The van der Waals surface area contributed by atoms with Gasteiger partial charge in [-0.15, -0.1) is 0 Å². The highest BCUT2D eigenvalue weighted by Crippen LogP contribution is 2.24. The molecule has 0 saturated heterocycles. The van der Waals surface area contributed by atoms with Crippen LogP contribution in [0.5, 0.6) is 0 Å². The van der Waals surface area contributed by atoms with Crippen molar-refractivity contribution in [2.45, 2.75) is 33.4 Å². The molecule has 150 valence electrons. The average molecular weight is 411 g/mol. The number of hydrogen-bond acceptors (Lipinski definition) is 3. The molecule has 1 N–H and O–H groups in total. The number of furan rings is 1. The van der Waals surface area contributed by atoms with Crippen molar-refractivity contribution in [1.82, 2.24) is 19.7 Å². The van der Waals surface area contributed by atoms with Gasteiger partial charge in [-0.3, -0.25) is 9.48 Å². The van der Waals surface area contributed by atoms with Crippen molar-refractivity contribution in [2.24, 2.45) is 0 Å². The molecule has 4 aromatic rings. The zero-order chi connectivity index (χ0) is 20.4. The number of nitrogens with zero attached hydrogens (tertiary/aromatic N) is 3. The van der Waals surface area contributed by atoms with Crippen LogP contribution in [0.2, 0.25) is 5.02 Å². The van der Waals surface area contributed by atoms with Gasteiger partial charge < -0.3 is 14.3 Å². The van der Waals surface area contributed by atoms with Crippen LogP contribution >= 0.6 is 11.6 Å². The quantitative estimate of drug-likeness (QED) is 0.454. The lowest BCUT2D eigenvalue weighted by molar-refractivity contribution is 0.0944. The summed E-state index contributed by atoms with van der Waals surface area (Å²) in [5, 5.41) is 8.14. The molecule has 0 bridgehead atoms. The predicted octanol–water partition coefficient (Wildman–Crippen LogP) is 4.57. The minimum atomic E-state index is -0.128. The van der Waals surface area contributed by atoms with Gasteiger partial charge in [-0.25, -0.2) is 0 Å². The van der Waals surface area contributed by atoms with Crippen molar-refractivity contribution in [3.8, 4) is 0 Å². The molecule has 0 saturated carbocycles. The van der Waals surface area contributed by atoms with E-state index in [9.17, 15) is 4.79 Å². The molecule has 0 fully saturated rings. The third-order valence-electron chi connectivity index (χ3n) is 4.98. The van der Waals surface area contributed by atoms with Gasteiger partial charge in [-0.2, -0.15) is 5.10 Å². The largest absolute Gasteiger partial charge is 0.463 e. The molecule has 3 aromatic heterocycles. The number of amides is 1. The van der Waals surface area contributed by atoms with Crippen LogP contribution in [0.15, 0.2) is 53.1 Å². The third-order valence-corrected chi connectivity index (χ3v) is 5.35. The van der Waals surface area contributed by atoms with Gasteiger partial charge >= 0.3 is 0 Å². The summed E-state index contributed by atoms with van der Waals surface area (Å²) in [6.07, 6.45) is 2.43. The van der Waals surface area contributed by atoms with Crippen LogP contribution in [0.25, 0.3) is 11.1 Å². The number of benzene rings is 1. The van der Waals surface area contributed by atoms with Gasteiger partial charge in [0.1, 0.15) is 5.69 Å². The van der Waals surface area contributed by atoms with Gasteiger partial charge in [0.05, 0.1) is 17.5 Å². The lowest BCUT2D eigenvalue weighted by Gasteiger charge is -2.12. The fraction of sp³-hybridized carbons (Fsp3) is 0.273. The highest BCUT2D eigenvalue weighted by molar-refractivity contribution is 6.31. The van der Waals surface area contributed by atoms with Crippen molar-refractivity contribution in [2.75, 3.05) is 6.54 Å². The lowest BCUT2D eigenvalue weighted by atomic mass is 10.2. The monoisotopic (exact) mass is 410 g/mol. The van der Waals surface area contributed by atoms with E-state index in [1.54, 1.807) is 12.3 Å². The molecule has 0 radical (unpaired) electrons. The normalized spacial score (nSPS) is 11.3. The number of carbonyl (C=O) groups is 1. The molecule has 4 rings (SSSR count). The molecule has 0 aliphatic carbocycles. The fourth-order valence-electron chi connectivity index (χ4n) is 3.56. The van der Waals surface area contributed by atoms with E-state index in [0.717, 1.165) is 35.4 Å². The lowest BCUT2D eigenvalue weighted by Crippen LogP contribution is -2.27.